The summed E-state index contributed by atoms with van der Waals surface area (Å²) in [5.74, 6) is 1.12. The lowest BCUT2D eigenvalue weighted by Gasteiger charge is -2.21. The summed E-state index contributed by atoms with van der Waals surface area (Å²) in [6, 6.07) is 9.15. The Morgan fingerprint density at radius 2 is 1.58 bits per heavy atom. The number of ether oxygens (including phenoxy) is 1. The Kier molecular flexibility index (Phi) is 6.14. The van der Waals surface area contributed by atoms with Crippen molar-refractivity contribution < 1.29 is 13.2 Å². The predicted molar refractivity (Wildman–Crippen MR) is 106 cm³/mol. The van der Waals surface area contributed by atoms with E-state index in [1.165, 1.54) is 0 Å². The van der Waals surface area contributed by atoms with Gasteiger partial charge in [0, 0.05) is 6.04 Å². The predicted octanol–water partition coefficient (Wildman–Crippen LogP) is 4.78. The van der Waals surface area contributed by atoms with E-state index in [0.29, 0.717) is 4.90 Å². The maximum atomic E-state index is 12.9. The average Bonchev–Trinajstić information content (AvgIpc) is 2.55. The summed E-state index contributed by atoms with van der Waals surface area (Å²) in [5.41, 5.74) is 4.70. The minimum absolute atomic E-state index is 0.284. The maximum absolute atomic E-state index is 12.9. The molecule has 0 aliphatic carbocycles. The Morgan fingerprint density at radius 1 is 0.923 bits per heavy atom. The quantitative estimate of drug-likeness (QED) is 0.790. The van der Waals surface area contributed by atoms with E-state index in [1.54, 1.807) is 13.2 Å². The number of rotatable bonds is 6. The number of hydrogen-bond acceptors (Lipinski definition) is 3. The highest BCUT2D eigenvalue weighted by atomic mass is 32.2. The summed E-state index contributed by atoms with van der Waals surface area (Å²) in [5, 5.41) is 0. The Labute approximate surface area is 157 Å². The molecule has 0 saturated heterocycles. The molecule has 0 aromatic heterocycles. The molecular formula is C21H29NO3S. The number of hydrogen-bond donors (Lipinski definition) is 1. The second-order valence-electron chi connectivity index (χ2n) is 7.22. The third kappa shape index (κ3) is 4.27. The zero-order chi connectivity index (χ0) is 19.6. The fourth-order valence-corrected chi connectivity index (χ4v) is 4.72. The molecule has 1 atom stereocenters. The van der Waals surface area contributed by atoms with E-state index < -0.39 is 10.0 Å². The third-order valence-electron chi connectivity index (χ3n) is 4.67. The Bertz CT molecular complexity index is 902. The van der Waals surface area contributed by atoms with Gasteiger partial charge in [-0.2, -0.15) is 0 Å². The van der Waals surface area contributed by atoms with Crippen LogP contribution < -0.4 is 9.46 Å². The van der Waals surface area contributed by atoms with Gasteiger partial charge in [-0.1, -0.05) is 26.0 Å². The molecular weight excluding hydrogens is 346 g/mol. The first kappa shape index (κ1) is 20.5. The van der Waals surface area contributed by atoms with Gasteiger partial charge in [0.1, 0.15) is 5.75 Å². The average molecular weight is 376 g/mol. The molecule has 0 bridgehead atoms. The number of methoxy groups -OCH3 is 1. The molecule has 1 N–H and O–H groups in total. The summed E-state index contributed by atoms with van der Waals surface area (Å²) >= 11 is 0. The van der Waals surface area contributed by atoms with Crippen LogP contribution in [0.4, 0.5) is 0 Å². The highest BCUT2D eigenvalue weighted by Crippen LogP contribution is 2.32. The molecule has 2 rings (SSSR count). The molecule has 0 aliphatic heterocycles. The van der Waals surface area contributed by atoms with Crippen LogP contribution in [0.3, 0.4) is 0 Å². The van der Waals surface area contributed by atoms with E-state index in [2.05, 4.69) is 24.6 Å². The molecule has 4 nitrogen and oxygen atoms in total. The van der Waals surface area contributed by atoms with Crippen LogP contribution in [0.2, 0.25) is 0 Å². The van der Waals surface area contributed by atoms with Crippen molar-refractivity contribution in [1.82, 2.24) is 4.72 Å². The number of sulfonamides is 1. The summed E-state index contributed by atoms with van der Waals surface area (Å²) in [4.78, 5) is 0.333. The standard InChI is InChI=1S/C21H29NO3S/c1-13(2)18-12-19(16(5)11-20(18)25-7)17(6)22-26(23,24)21-10-14(3)8-9-15(21)4/h8-13,17,22H,1-7H3/t17-/m1/s1. The van der Waals surface area contributed by atoms with Crippen LogP contribution in [0.15, 0.2) is 35.2 Å². The highest BCUT2D eigenvalue weighted by Gasteiger charge is 2.22. The second kappa shape index (κ2) is 7.80. The fourth-order valence-electron chi connectivity index (χ4n) is 3.17. The molecule has 0 amide bonds. The van der Waals surface area contributed by atoms with Gasteiger partial charge in [0.15, 0.2) is 0 Å². The molecule has 5 heteroatoms. The van der Waals surface area contributed by atoms with Gasteiger partial charge in [-0.05, 0) is 79.6 Å². The first-order valence-corrected chi connectivity index (χ1v) is 10.3. The lowest BCUT2D eigenvalue weighted by molar-refractivity contribution is 0.406. The van der Waals surface area contributed by atoms with Crippen molar-refractivity contribution in [1.29, 1.82) is 0 Å². The van der Waals surface area contributed by atoms with Crippen LogP contribution in [-0.2, 0) is 10.0 Å². The Hall–Kier alpha value is -1.85. The highest BCUT2D eigenvalue weighted by molar-refractivity contribution is 7.89. The zero-order valence-corrected chi connectivity index (χ0v) is 17.5. The molecule has 2 aromatic rings. The van der Waals surface area contributed by atoms with Gasteiger partial charge in [0.25, 0.3) is 0 Å². The van der Waals surface area contributed by atoms with Gasteiger partial charge in [-0.25, -0.2) is 13.1 Å². The number of benzene rings is 2. The van der Waals surface area contributed by atoms with Crippen LogP contribution in [-0.4, -0.2) is 15.5 Å². The first-order valence-electron chi connectivity index (χ1n) is 8.84. The van der Waals surface area contributed by atoms with Crippen molar-refractivity contribution in [3.8, 4) is 5.75 Å². The van der Waals surface area contributed by atoms with E-state index in [4.69, 9.17) is 4.74 Å². The minimum Gasteiger partial charge on any atom is -0.496 e. The summed E-state index contributed by atoms with van der Waals surface area (Å²) in [7, 11) is -1.95. The molecule has 0 heterocycles. The largest absolute Gasteiger partial charge is 0.496 e. The van der Waals surface area contributed by atoms with Crippen molar-refractivity contribution in [3.63, 3.8) is 0 Å². The Balaban J connectivity index is 2.42. The molecule has 0 radical (unpaired) electrons. The lowest BCUT2D eigenvalue weighted by Crippen LogP contribution is -2.28. The SMILES string of the molecule is COc1cc(C)c([C@@H](C)NS(=O)(=O)c2cc(C)ccc2C)cc1C(C)C. The second-order valence-corrected chi connectivity index (χ2v) is 8.90. The van der Waals surface area contributed by atoms with Crippen molar-refractivity contribution in [2.24, 2.45) is 0 Å². The molecule has 2 aromatic carbocycles. The van der Waals surface area contributed by atoms with Gasteiger partial charge in [0.05, 0.1) is 12.0 Å². The fraction of sp³-hybridized carbons (Fsp3) is 0.429. The maximum Gasteiger partial charge on any atom is 0.241 e. The van der Waals surface area contributed by atoms with Crippen molar-refractivity contribution in [2.45, 2.75) is 58.4 Å². The summed E-state index contributed by atoms with van der Waals surface area (Å²) in [6.45, 7) is 11.8. The normalized spacial score (nSPS) is 13.1. The molecule has 26 heavy (non-hydrogen) atoms. The van der Waals surface area contributed by atoms with Crippen molar-refractivity contribution >= 4 is 10.0 Å². The minimum atomic E-state index is -3.61. The molecule has 142 valence electrons. The number of nitrogens with one attached hydrogen (secondary N) is 1. The number of aryl methyl sites for hydroxylation is 3. The lowest BCUT2D eigenvalue weighted by atomic mass is 9.94. The first-order chi connectivity index (χ1) is 12.1. The van der Waals surface area contributed by atoms with Gasteiger partial charge in [-0.15, -0.1) is 0 Å². The van der Waals surface area contributed by atoms with E-state index in [9.17, 15) is 8.42 Å². The summed E-state index contributed by atoms with van der Waals surface area (Å²) in [6.07, 6.45) is 0. The van der Waals surface area contributed by atoms with Gasteiger partial charge in [-0.3, -0.25) is 0 Å². The van der Waals surface area contributed by atoms with Gasteiger partial charge in [0.2, 0.25) is 10.0 Å². The molecule has 0 spiro atoms. The molecule has 0 saturated carbocycles. The third-order valence-corrected chi connectivity index (χ3v) is 6.35. The van der Waals surface area contributed by atoms with Crippen LogP contribution in [0.1, 0.15) is 60.5 Å². The van der Waals surface area contributed by atoms with Crippen molar-refractivity contribution in [3.05, 3.63) is 58.1 Å². The van der Waals surface area contributed by atoms with E-state index in [-0.39, 0.29) is 12.0 Å². The van der Waals surface area contributed by atoms with Crippen LogP contribution in [0.25, 0.3) is 0 Å². The van der Waals surface area contributed by atoms with Gasteiger partial charge < -0.3 is 4.74 Å². The van der Waals surface area contributed by atoms with E-state index >= 15 is 0 Å². The van der Waals surface area contributed by atoms with Gasteiger partial charge >= 0.3 is 0 Å². The summed E-state index contributed by atoms with van der Waals surface area (Å²) < 4.78 is 34.1. The van der Waals surface area contributed by atoms with E-state index in [0.717, 1.165) is 33.6 Å². The zero-order valence-electron chi connectivity index (χ0n) is 16.7. The monoisotopic (exact) mass is 375 g/mol. The molecule has 0 fully saturated rings. The smallest absolute Gasteiger partial charge is 0.241 e. The van der Waals surface area contributed by atoms with Crippen LogP contribution in [0.5, 0.6) is 5.75 Å². The van der Waals surface area contributed by atoms with E-state index in [1.807, 2.05) is 45.9 Å². The topological polar surface area (TPSA) is 55.4 Å². The molecule has 0 aliphatic rings. The molecule has 0 unspecified atom stereocenters. The Morgan fingerprint density at radius 3 is 2.15 bits per heavy atom. The van der Waals surface area contributed by atoms with Crippen molar-refractivity contribution in [2.75, 3.05) is 7.11 Å². The van der Waals surface area contributed by atoms with Crippen LogP contribution >= 0.6 is 0 Å². The van der Waals surface area contributed by atoms with Crippen LogP contribution in [0, 0.1) is 20.8 Å².